The summed E-state index contributed by atoms with van der Waals surface area (Å²) >= 11 is 0. The number of rotatable bonds is 3. The Balaban J connectivity index is 3.21. The Morgan fingerprint density at radius 1 is 1.15 bits per heavy atom. The van der Waals surface area contributed by atoms with Gasteiger partial charge in [0.25, 0.3) is 0 Å². The summed E-state index contributed by atoms with van der Waals surface area (Å²) in [7, 11) is 0. The molecule has 0 aliphatic carbocycles. The van der Waals surface area contributed by atoms with Gasteiger partial charge in [0, 0.05) is 0 Å². The molecule has 1 rings (SSSR count). The molecule has 1 nitrogen and oxygen atoms in total. The number of aryl methyl sites for hydroxylation is 2. The molecule has 0 aliphatic rings. The Labute approximate surface area is 79.4 Å². The number of ether oxygens (including phenoxy) is 1. The van der Waals surface area contributed by atoms with E-state index in [-0.39, 0.29) is 0 Å². The van der Waals surface area contributed by atoms with Crippen LogP contribution in [-0.2, 0) is 0 Å². The third kappa shape index (κ3) is 2.00. The SMILES string of the molecule is C=COc1c(C)cc(C=C)cc1C. The molecule has 0 saturated carbocycles. The molecule has 0 aromatic heterocycles. The molecule has 0 radical (unpaired) electrons. The molecule has 0 spiro atoms. The minimum absolute atomic E-state index is 0.889. The summed E-state index contributed by atoms with van der Waals surface area (Å²) in [6.07, 6.45) is 3.28. The van der Waals surface area contributed by atoms with Crippen molar-refractivity contribution < 1.29 is 4.74 Å². The second kappa shape index (κ2) is 3.94. The molecule has 1 heteroatoms. The van der Waals surface area contributed by atoms with Crippen molar-refractivity contribution in [3.63, 3.8) is 0 Å². The van der Waals surface area contributed by atoms with E-state index >= 15 is 0 Å². The first-order valence-corrected chi connectivity index (χ1v) is 4.20. The minimum Gasteiger partial charge on any atom is -0.465 e. The van der Waals surface area contributed by atoms with Crippen molar-refractivity contribution in [2.45, 2.75) is 13.8 Å². The number of hydrogen-bond donors (Lipinski definition) is 0. The molecule has 0 N–H and O–H groups in total. The molecule has 1 aromatic carbocycles. The van der Waals surface area contributed by atoms with Gasteiger partial charge in [0.05, 0.1) is 6.26 Å². The maximum atomic E-state index is 5.30. The van der Waals surface area contributed by atoms with Crippen LogP contribution in [0.25, 0.3) is 6.08 Å². The van der Waals surface area contributed by atoms with Crippen molar-refractivity contribution in [3.8, 4) is 5.75 Å². The molecular weight excluding hydrogens is 160 g/mol. The zero-order valence-corrected chi connectivity index (χ0v) is 8.13. The van der Waals surface area contributed by atoms with Crippen LogP contribution in [0.15, 0.2) is 31.6 Å². The Hall–Kier alpha value is -1.50. The zero-order chi connectivity index (χ0) is 9.84. The standard InChI is InChI=1S/C12H14O/c1-5-11-7-9(3)12(13-6-2)10(4)8-11/h5-8H,1-2H2,3-4H3. The molecule has 68 valence electrons. The van der Waals surface area contributed by atoms with Gasteiger partial charge in [-0.3, -0.25) is 0 Å². The second-order valence-electron chi connectivity index (χ2n) is 2.97. The van der Waals surface area contributed by atoms with Crippen LogP contribution in [0, 0.1) is 13.8 Å². The van der Waals surface area contributed by atoms with E-state index in [2.05, 4.69) is 13.2 Å². The summed E-state index contributed by atoms with van der Waals surface area (Å²) in [5.74, 6) is 0.889. The lowest BCUT2D eigenvalue weighted by atomic mass is 10.1. The van der Waals surface area contributed by atoms with E-state index in [1.807, 2.05) is 32.1 Å². The number of benzene rings is 1. The van der Waals surface area contributed by atoms with E-state index < -0.39 is 0 Å². The summed E-state index contributed by atoms with van der Waals surface area (Å²) in [5.41, 5.74) is 3.33. The predicted octanol–water partition coefficient (Wildman–Crippen LogP) is 3.47. The Kier molecular flexibility index (Phi) is 2.91. The third-order valence-electron chi connectivity index (χ3n) is 1.92. The summed E-state index contributed by atoms with van der Waals surface area (Å²) in [6.45, 7) is 11.3. The first-order chi connectivity index (χ1) is 6.19. The van der Waals surface area contributed by atoms with E-state index in [9.17, 15) is 0 Å². The van der Waals surface area contributed by atoms with E-state index in [0.29, 0.717) is 0 Å². The fraction of sp³-hybridized carbons (Fsp3) is 0.167. The van der Waals surface area contributed by atoms with Crippen LogP contribution < -0.4 is 4.74 Å². The van der Waals surface area contributed by atoms with Gasteiger partial charge >= 0.3 is 0 Å². The van der Waals surface area contributed by atoms with Gasteiger partial charge in [0.2, 0.25) is 0 Å². The monoisotopic (exact) mass is 174 g/mol. The van der Waals surface area contributed by atoms with Crippen molar-refractivity contribution in [2.75, 3.05) is 0 Å². The second-order valence-corrected chi connectivity index (χ2v) is 2.97. The molecule has 0 atom stereocenters. The molecule has 13 heavy (non-hydrogen) atoms. The van der Waals surface area contributed by atoms with Gasteiger partial charge in [-0.05, 0) is 42.7 Å². The van der Waals surface area contributed by atoms with Gasteiger partial charge in [-0.15, -0.1) is 0 Å². The maximum Gasteiger partial charge on any atom is 0.132 e. The molecule has 0 bridgehead atoms. The summed E-state index contributed by atoms with van der Waals surface area (Å²) in [4.78, 5) is 0. The Morgan fingerprint density at radius 2 is 1.69 bits per heavy atom. The first kappa shape index (κ1) is 9.59. The third-order valence-corrected chi connectivity index (χ3v) is 1.92. The average Bonchev–Trinajstić information content (AvgIpc) is 2.11. The van der Waals surface area contributed by atoms with E-state index in [0.717, 1.165) is 22.4 Å². The van der Waals surface area contributed by atoms with Crippen LogP contribution in [0.5, 0.6) is 5.75 Å². The van der Waals surface area contributed by atoms with Crippen molar-refractivity contribution in [1.82, 2.24) is 0 Å². The van der Waals surface area contributed by atoms with Gasteiger partial charge in [-0.25, -0.2) is 0 Å². The Bertz CT molecular complexity index is 314. The summed E-state index contributed by atoms with van der Waals surface area (Å²) < 4.78 is 5.30. The lowest BCUT2D eigenvalue weighted by Gasteiger charge is -2.09. The lowest BCUT2D eigenvalue weighted by Crippen LogP contribution is -1.90. The molecule has 0 unspecified atom stereocenters. The first-order valence-electron chi connectivity index (χ1n) is 4.20. The highest BCUT2D eigenvalue weighted by Crippen LogP contribution is 2.25. The van der Waals surface area contributed by atoms with Crippen LogP contribution in [-0.4, -0.2) is 0 Å². The number of hydrogen-bond acceptors (Lipinski definition) is 1. The van der Waals surface area contributed by atoms with Gasteiger partial charge in [0.1, 0.15) is 5.75 Å². The van der Waals surface area contributed by atoms with Crippen LogP contribution in [0.4, 0.5) is 0 Å². The van der Waals surface area contributed by atoms with Gasteiger partial charge in [-0.2, -0.15) is 0 Å². The molecule has 0 heterocycles. The minimum atomic E-state index is 0.889. The summed E-state index contributed by atoms with van der Waals surface area (Å²) in [6, 6.07) is 4.08. The van der Waals surface area contributed by atoms with Gasteiger partial charge < -0.3 is 4.74 Å². The highest BCUT2D eigenvalue weighted by Gasteiger charge is 2.03. The smallest absolute Gasteiger partial charge is 0.132 e. The molecule has 1 aromatic rings. The van der Waals surface area contributed by atoms with Crippen molar-refractivity contribution in [1.29, 1.82) is 0 Å². The van der Waals surface area contributed by atoms with Crippen molar-refractivity contribution in [2.24, 2.45) is 0 Å². The fourth-order valence-corrected chi connectivity index (χ4v) is 1.37. The molecule has 0 saturated heterocycles. The van der Waals surface area contributed by atoms with Crippen LogP contribution in [0.1, 0.15) is 16.7 Å². The normalized spacial score (nSPS) is 9.38. The fourth-order valence-electron chi connectivity index (χ4n) is 1.37. The van der Waals surface area contributed by atoms with E-state index in [1.54, 1.807) is 0 Å². The molecular formula is C12H14O. The quantitative estimate of drug-likeness (QED) is 0.637. The molecule has 0 aliphatic heterocycles. The highest BCUT2D eigenvalue weighted by molar-refractivity contribution is 5.54. The summed E-state index contributed by atoms with van der Waals surface area (Å²) in [5, 5.41) is 0. The highest BCUT2D eigenvalue weighted by atomic mass is 16.5. The van der Waals surface area contributed by atoms with E-state index in [1.165, 1.54) is 6.26 Å². The lowest BCUT2D eigenvalue weighted by molar-refractivity contribution is 0.476. The zero-order valence-electron chi connectivity index (χ0n) is 8.13. The topological polar surface area (TPSA) is 9.23 Å². The molecule has 0 fully saturated rings. The van der Waals surface area contributed by atoms with Crippen molar-refractivity contribution >= 4 is 6.08 Å². The van der Waals surface area contributed by atoms with E-state index in [4.69, 9.17) is 4.74 Å². The maximum absolute atomic E-state index is 5.30. The predicted molar refractivity (Wildman–Crippen MR) is 56.8 cm³/mol. The largest absolute Gasteiger partial charge is 0.465 e. The van der Waals surface area contributed by atoms with Gasteiger partial charge in [-0.1, -0.05) is 19.2 Å². The van der Waals surface area contributed by atoms with Crippen LogP contribution in [0.2, 0.25) is 0 Å². The van der Waals surface area contributed by atoms with Crippen molar-refractivity contribution in [3.05, 3.63) is 48.2 Å². The average molecular weight is 174 g/mol. The molecule has 0 amide bonds. The van der Waals surface area contributed by atoms with Crippen LogP contribution in [0.3, 0.4) is 0 Å². The van der Waals surface area contributed by atoms with Gasteiger partial charge in [0.15, 0.2) is 0 Å². The van der Waals surface area contributed by atoms with Crippen LogP contribution >= 0.6 is 0 Å². The Morgan fingerprint density at radius 3 is 2.08 bits per heavy atom.